The predicted octanol–water partition coefficient (Wildman–Crippen LogP) is 2.27. The maximum Gasteiger partial charge on any atom is 0.408 e. The standard InChI is InChI=1S/C28H50F2N4O8/c1-12-16(7)20(24(38)41-13-2)32-23(37)18(14(3)4)33-25(39)28(29,30)21(35)17(8)31-22(36)19(15(5)6)34-26(40)42-27(9,10)11/h14-21,35H,12-13H2,1-11H3,(H,31,36)(H,32,37)(H,33,39)(H,34,40)/t16-,17-,18-,19-,20-,21+/m0/s1. The topological polar surface area (TPSA) is 172 Å². The normalized spacial score (nSPS) is 16.4. The van der Waals surface area contributed by atoms with Crippen molar-refractivity contribution in [2.75, 3.05) is 6.61 Å². The van der Waals surface area contributed by atoms with Crippen LogP contribution < -0.4 is 21.3 Å². The average Bonchev–Trinajstić information content (AvgIpc) is 2.85. The number of rotatable bonds is 15. The molecule has 0 aromatic rings. The highest BCUT2D eigenvalue weighted by Crippen LogP contribution is 2.23. The lowest BCUT2D eigenvalue weighted by atomic mass is 9.96. The molecule has 0 saturated heterocycles. The Labute approximate surface area is 247 Å². The Morgan fingerprint density at radius 3 is 1.67 bits per heavy atom. The minimum absolute atomic E-state index is 0.0692. The van der Waals surface area contributed by atoms with Gasteiger partial charge in [-0.15, -0.1) is 0 Å². The van der Waals surface area contributed by atoms with Gasteiger partial charge in [0.25, 0.3) is 5.91 Å². The summed E-state index contributed by atoms with van der Waals surface area (Å²) in [6, 6.07) is -5.39. The molecule has 12 nitrogen and oxygen atoms in total. The zero-order valence-corrected chi connectivity index (χ0v) is 26.6. The van der Waals surface area contributed by atoms with Gasteiger partial charge in [0.2, 0.25) is 11.8 Å². The van der Waals surface area contributed by atoms with Crippen LogP contribution in [0, 0.1) is 17.8 Å². The van der Waals surface area contributed by atoms with E-state index in [-0.39, 0.29) is 12.5 Å². The molecule has 244 valence electrons. The van der Waals surface area contributed by atoms with E-state index in [0.717, 1.165) is 6.92 Å². The van der Waals surface area contributed by atoms with Crippen molar-refractivity contribution >= 4 is 29.8 Å². The highest BCUT2D eigenvalue weighted by molar-refractivity contribution is 5.93. The number of hydrogen-bond acceptors (Lipinski definition) is 8. The van der Waals surface area contributed by atoms with Crippen molar-refractivity contribution in [3.05, 3.63) is 0 Å². The van der Waals surface area contributed by atoms with Crippen molar-refractivity contribution in [3.8, 4) is 0 Å². The average molecular weight is 609 g/mol. The molecule has 42 heavy (non-hydrogen) atoms. The number of halogens is 2. The lowest BCUT2D eigenvalue weighted by molar-refractivity contribution is -0.169. The Kier molecular flexibility index (Phi) is 15.4. The molecule has 14 heteroatoms. The Hall–Kier alpha value is -3.03. The molecule has 0 rings (SSSR count). The molecule has 0 spiro atoms. The van der Waals surface area contributed by atoms with Gasteiger partial charge in [0, 0.05) is 0 Å². The van der Waals surface area contributed by atoms with Crippen LogP contribution in [-0.2, 0) is 28.7 Å². The molecule has 0 aliphatic rings. The summed E-state index contributed by atoms with van der Waals surface area (Å²) in [5, 5.41) is 19.4. The maximum absolute atomic E-state index is 15.1. The smallest absolute Gasteiger partial charge is 0.408 e. The summed E-state index contributed by atoms with van der Waals surface area (Å²) in [7, 11) is 0. The number of nitrogens with one attached hydrogen (secondary N) is 4. The van der Waals surface area contributed by atoms with Gasteiger partial charge in [0.15, 0.2) is 0 Å². The molecule has 4 amide bonds. The Morgan fingerprint density at radius 2 is 1.24 bits per heavy atom. The molecule has 6 atom stereocenters. The van der Waals surface area contributed by atoms with Crippen molar-refractivity contribution in [1.82, 2.24) is 21.3 Å². The Balaban J connectivity index is 5.66. The van der Waals surface area contributed by atoms with Crippen LogP contribution in [0.2, 0.25) is 0 Å². The quantitative estimate of drug-likeness (QED) is 0.176. The van der Waals surface area contributed by atoms with E-state index >= 15 is 8.78 Å². The van der Waals surface area contributed by atoms with Crippen LogP contribution in [0.25, 0.3) is 0 Å². The van der Waals surface area contributed by atoms with Crippen molar-refractivity contribution in [3.63, 3.8) is 0 Å². The first-order valence-electron chi connectivity index (χ1n) is 14.2. The van der Waals surface area contributed by atoms with E-state index in [0.29, 0.717) is 6.42 Å². The van der Waals surface area contributed by atoms with Gasteiger partial charge in [-0.3, -0.25) is 14.4 Å². The number of alkyl halides is 2. The van der Waals surface area contributed by atoms with E-state index in [1.165, 1.54) is 13.8 Å². The van der Waals surface area contributed by atoms with Gasteiger partial charge in [-0.1, -0.05) is 48.0 Å². The predicted molar refractivity (Wildman–Crippen MR) is 151 cm³/mol. The molecule has 0 aromatic heterocycles. The van der Waals surface area contributed by atoms with E-state index in [2.05, 4.69) is 16.0 Å². The minimum atomic E-state index is -4.44. The van der Waals surface area contributed by atoms with Gasteiger partial charge in [-0.2, -0.15) is 8.78 Å². The number of alkyl carbamates (subject to hydrolysis) is 1. The summed E-state index contributed by atoms with van der Waals surface area (Å²) in [6.07, 6.45) is -3.09. The summed E-state index contributed by atoms with van der Waals surface area (Å²) < 4.78 is 40.4. The van der Waals surface area contributed by atoms with Crippen LogP contribution in [0.15, 0.2) is 0 Å². The third-order valence-corrected chi connectivity index (χ3v) is 6.43. The van der Waals surface area contributed by atoms with E-state index in [4.69, 9.17) is 9.47 Å². The molecule has 0 aromatic carbocycles. The van der Waals surface area contributed by atoms with Crippen LogP contribution in [0.3, 0.4) is 0 Å². The summed E-state index contributed by atoms with van der Waals surface area (Å²) >= 11 is 0. The molecular formula is C28H50F2N4O8. The van der Waals surface area contributed by atoms with Gasteiger partial charge in [0.1, 0.15) is 29.8 Å². The molecule has 0 unspecified atom stereocenters. The fraction of sp³-hybridized carbons (Fsp3) is 0.821. The van der Waals surface area contributed by atoms with E-state index in [9.17, 15) is 29.1 Å². The van der Waals surface area contributed by atoms with Crippen LogP contribution in [0.1, 0.15) is 82.6 Å². The monoisotopic (exact) mass is 608 g/mol. The zero-order chi connectivity index (χ0) is 33.2. The molecule has 0 heterocycles. The number of aliphatic hydroxyl groups is 1. The number of esters is 1. The number of carbonyl (C=O) groups excluding carboxylic acids is 5. The first-order chi connectivity index (χ1) is 19.1. The Morgan fingerprint density at radius 1 is 0.762 bits per heavy atom. The van der Waals surface area contributed by atoms with Gasteiger partial charge in [0.05, 0.1) is 12.6 Å². The number of hydrogen-bond donors (Lipinski definition) is 5. The second-order valence-corrected chi connectivity index (χ2v) is 12.1. The van der Waals surface area contributed by atoms with Crippen LogP contribution in [0.4, 0.5) is 13.6 Å². The highest BCUT2D eigenvalue weighted by atomic mass is 19.3. The number of carbonyl (C=O) groups is 5. The third kappa shape index (κ3) is 12.1. The first kappa shape index (κ1) is 39.0. The van der Waals surface area contributed by atoms with E-state index in [1.54, 1.807) is 55.4 Å². The fourth-order valence-corrected chi connectivity index (χ4v) is 3.73. The van der Waals surface area contributed by atoms with Crippen molar-refractivity contribution in [1.29, 1.82) is 0 Å². The molecule has 0 bridgehead atoms. The zero-order valence-electron chi connectivity index (χ0n) is 26.6. The van der Waals surface area contributed by atoms with Crippen LogP contribution in [0.5, 0.6) is 0 Å². The van der Waals surface area contributed by atoms with Gasteiger partial charge >= 0.3 is 18.0 Å². The van der Waals surface area contributed by atoms with Gasteiger partial charge in [-0.05, 0) is 52.4 Å². The molecule has 0 fully saturated rings. The molecule has 0 aliphatic heterocycles. The SMILES string of the molecule is CCOC(=O)[C@@H](NC(=O)[C@@H](NC(=O)C(F)(F)[C@H](O)[C@H](C)NC(=O)[C@@H](NC(=O)OC(C)(C)C)C(C)C)C(C)C)[C@@H](C)CC. The Bertz CT molecular complexity index is 939. The fourth-order valence-electron chi connectivity index (χ4n) is 3.73. The molecular weight excluding hydrogens is 558 g/mol. The maximum atomic E-state index is 15.1. The minimum Gasteiger partial charge on any atom is -0.464 e. The van der Waals surface area contributed by atoms with Crippen LogP contribution in [-0.4, -0.2) is 83.3 Å². The number of ether oxygens (including phenoxy) is 2. The largest absolute Gasteiger partial charge is 0.464 e. The number of aliphatic hydroxyl groups excluding tert-OH is 1. The molecule has 0 radical (unpaired) electrons. The molecule has 5 N–H and O–H groups in total. The summed E-state index contributed by atoms with van der Waals surface area (Å²) in [5.41, 5.74) is -0.848. The van der Waals surface area contributed by atoms with Gasteiger partial charge in [-0.25, -0.2) is 9.59 Å². The van der Waals surface area contributed by atoms with E-state index < -0.39 is 83.4 Å². The summed E-state index contributed by atoms with van der Waals surface area (Å²) in [6.45, 7) is 17.3. The van der Waals surface area contributed by atoms with Crippen molar-refractivity contribution in [2.24, 2.45) is 17.8 Å². The first-order valence-corrected chi connectivity index (χ1v) is 14.2. The molecule has 0 aliphatic carbocycles. The van der Waals surface area contributed by atoms with Crippen molar-refractivity contribution in [2.45, 2.75) is 124 Å². The van der Waals surface area contributed by atoms with Crippen LogP contribution >= 0.6 is 0 Å². The lowest BCUT2D eigenvalue weighted by Gasteiger charge is -2.31. The highest BCUT2D eigenvalue weighted by Gasteiger charge is 2.51. The van der Waals surface area contributed by atoms with Crippen molar-refractivity contribution < 1.29 is 47.3 Å². The van der Waals surface area contributed by atoms with E-state index in [1.807, 2.05) is 5.32 Å². The second-order valence-electron chi connectivity index (χ2n) is 12.1. The second kappa shape index (κ2) is 16.6. The van der Waals surface area contributed by atoms with Gasteiger partial charge < -0.3 is 35.8 Å². The molecule has 0 saturated carbocycles. The number of amides is 4. The third-order valence-electron chi connectivity index (χ3n) is 6.43. The lowest BCUT2D eigenvalue weighted by Crippen LogP contribution is -2.62. The summed E-state index contributed by atoms with van der Waals surface area (Å²) in [5.74, 6) is -10.3. The summed E-state index contributed by atoms with van der Waals surface area (Å²) in [4.78, 5) is 63.0.